The molecule has 15 rings (SSSR count). The van der Waals surface area contributed by atoms with Gasteiger partial charge in [-0.1, -0.05) is 176 Å². The Morgan fingerprint density at radius 3 is 1.43 bits per heavy atom. The standard InChI is InChI=1S/C64H38N2S/c1-2-20-45(21-3-1)65-54-27-13-10-24-50(54)59-60-52-26-12-15-29-56(52)67-64(60)63-61(62(59)65)51-25-11-14-28-55(51)66(63)46-34-35-49-53(38-46)58(44-33-31-40-17-5-7-19-42(40)37-44)48-23-9-8-22-47(48)57(49)43-32-30-39-16-4-6-18-41(39)36-43/h1-38H. The van der Waals surface area contributed by atoms with Crippen LogP contribution in [0.15, 0.2) is 231 Å². The van der Waals surface area contributed by atoms with Gasteiger partial charge in [0.05, 0.1) is 26.8 Å². The van der Waals surface area contributed by atoms with Crippen molar-refractivity contribution in [2.75, 3.05) is 0 Å². The number of nitrogens with zero attached hydrogens (tertiary/aromatic N) is 2. The normalized spacial score (nSPS) is 12.2. The molecule has 0 radical (unpaired) electrons. The first-order valence-electron chi connectivity index (χ1n) is 23.1. The van der Waals surface area contributed by atoms with Gasteiger partial charge >= 0.3 is 0 Å². The monoisotopic (exact) mass is 866 g/mol. The molecule has 0 aliphatic rings. The Bertz CT molecular complexity index is 4570. The molecule has 0 amide bonds. The summed E-state index contributed by atoms with van der Waals surface area (Å²) in [7, 11) is 0. The predicted octanol–water partition coefficient (Wildman–Crippen LogP) is 18.2. The summed E-state index contributed by atoms with van der Waals surface area (Å²) >= 11 is 1.92. The molecular weight excluding hydrogens is 829 g/mol. The first-order valence-corrected chi connectivity index (χ1v) is 23.9. The Kier molecular flexibility index (Phi) is 7.69. The number of rotatable bonds is 4. The van der Waals surface area contributed by atoms with Gasteiger partial charge < -0.3 is 9.13 Å². The summed E-state index contributed by atoms with van der Waals surface area (Å²) in [5, 5.41) is 17.6. The molecule has 0 saturated heterocycles. The Hall–Kier alpha value is -8.50. The predicted molar refractivity (Wildman–Crippen MR) is 289 cm³/mol. The van der Waals surface area contributed by atoms with E-state index in [-0.39, 0.29) is 0 Å². The second kappa shape index (κ2) is 14.0. The third kappa shape index (κ3) is 5.20. The van der Waals surface area contributed by atoms with Gasteiger partial charge in [-0.25, -0.2) is 0 Å². The average molecular weight is 867 g/mol. The van der Waals surface area contributed by atoms with Gasteiger partial charge in [-0.2, -0.15) is 0 Å². The van der Waals surface area contributed by atoms with E-state index < -0.39 is 0 Å². The molecule has 3 aromatic heterocycles. The summed E-state index contributed by atoms with van der Waals surface area (Å²) in [5.74, 6) is 0. The van der Waals surface area contributed by atoms with Crippen LogP contribution in [-0.4, -0.2) is 9.13 Å². The van der Waals surface area contributed by atoms with Gasteiger partial charge in [0, 0.05) is 48.4 Å². The van der Waals surface area contributed by atoms with Crippen LogP contribution in [0.5, 0.6) is 0 Å². The molecule has 0 spiro atoms. The number of fused-ring (bicyclic) bond motifs is 16. The molecule has 0 aliphatic carbocycles. The fraction of sp³-hybridized carbons (Fsp3) is 0. The van der Waals surface area contributed by atoms with E-state index in [4.69, 9.17) is 0 Å². The van der Waals surface area contributed by atoms with E-state index in [1.165, 1.54) is 129 Å². The molecule has 0 bridgehead atoms. The maximum Gasteiger partial charge on any atom is 0.0741 e. The highest BCUT2D eigenvalue weighted by molar-refractivity contribution is 7.27. The van der Waals surface area contributed by atoms with E-state index in [0.717, 1.165) is 11.4 Å². The number of benzene rings is 12. The largest absolute Gasteiger partial charge is 0.309 e. The fourth-order valence-corrected chi connectivity index (χ4v) is 12.9. The molecule has 0 atom stereocenters. The van der Waals surface area contributed by atoms with Crippen LogP contribution in [0.25, 0.3) is 141 Å². The van der Waals surface area contributed by atoms with Crippen LogP contribution in [-0.2, 0) is 0 Å². The molecule has 15 aromatic rings. The Labute approximate surface area is 389 Å². The Balaban J connectivity index is 1.14. The Morgan fingerprint density at radius 2 is 0.776 bits per heavy atom. The molecule has 2 nitrogen and oxygen atoms in total. The summed E-state index contributed by atoms with van der Waals surface area (Å²) in [6.07, 6.45) is 0. The molecule has 0 unspecified atom stereocenters. The van der Waals surface area contributed by atoms with Crippen molar-refractivity contribution in [1.82, 2.24) is 9.13 Å². The molecule has 0 saturated carbocycles. The van der Waals surface area contributed by atoms with Crippen LogP contribution in [0.1, 0.15) is 0 Å². The molecular formula is C64H38N2S. The molecule has 0 aliphatic heterocycles. The smallest absolute Gasteiger partial charge is 0.0741 e. The lowest BCUT2D eigenvalue weighted by atomic mass is 9.85. The minimum Gasteiger partial charge on any atom is -0.309 e. The Morgan fingerprint density at radius 1 is 0.284 bits per heavy atom. The van der Waals surface area contributed by atoms with Crippen molar-refractivity contribution < 1.29 is 0 Å². The van der Waals surface area contributed by atoms with Gasteiger partial charge in [0.25, 0.3) is 0 Å². The molecule has 3 heteroatoms. The summed E-state index contributed by atoms with van der Waals surface area (Å²) in [5.41, 5.74) is 12.1. The van der Waals surface area contributed by atoms with E-state index >= 15 is 0 Å². The first-order chi connectivity index (χ1) is 33.3. The highest BCUT2D eigenvalue weighted by Gasteiger charge is 2.27. The van der Waals surface area contributed by atoms with Crippen molar-refractivity contribution in [3.63, 3.8) is 0 Å². The molecule has 3 heterocycles. The zero-order valence-corrected chi connectivity index (χ0v) is 37.1. The zero-order chi connectivity index (χ0) is 43.7. The molecule has 0 N–H and O–H groups in total. The van der Waals surface area contributed by atoms with Crippen LogP contribution >= 0.6 is 11.3 Å². The van der Waals surface area contributed by atoms with Crippen LogP contribution < -0.4 is 0 Å². The van der Waals surface area contributed by atoms with E-state index in [1.54, 1.807) is 0 Å². The second-order valence-corrected chi connectivity index (χ2v) is 19.0. The van der Waals surface area contributed by atoms with Gasteiger partial charge in [-0.3, -0.25) is 0 Å². The van der Waals surface area contributed by atoms with E-state index in [2.05, 4.69) is 240 Å². The van der Waals surface area contributed by atoms with Crippen molar-refractivity contribution >= 4 is 118 Å². The van der Waals surface area contributed by atoms with Crippen LogP contribution in [0.2, 0.25) is 0 Å². The summed E-state index contributed by atoms with van der Waals surface area (Å²) in [4.78, 5) is 0. The van der Waals surface area contributed by atoms with Crippen LogP contribution in [0.4, 0.5) is 0 Å². The number of aromatic nitrogens is 2. The molecule has 310 valence electrons. The van der Waals surface area contributed by atoms with Gasteiger partial charge in [-0.05, 0) is 120 Å². The SMILES string of the molecule is c1ccc(-n2c3ccccc3c3c4c5ccccc5sc4c4c(c5ccccc5n4-c4ccc5c(-c6ccc7ccccc7c6)c6ccccc6c(-c6ccc7ccccc7c6)c5c4)c32)cc1. The third-order valence-electron chi connectivity index (χ3n) is 14.4. The summed E-state index contributed by atoms with van der Waals surface area (Å²) in [6, 6.07) is 85.8. The van der Waals surface area contributed by atoms with Gasteiger partial charge in [-0.15, -0.1) is 11.3 Å². The van der Waals surface area contributed by atoms with E-state index in [9.17, 15) is 0 Å². The highest BCUT2D eigenvalue weighted by atomic mass is 32.1. The number of hydrogen-bond donors (Lipinski definition) is 0. The van der Waals surface area contributed by atoms with Gasteiger partial charge in [0.1, 0.15) is 0 Å². The lowest BCUT2D eigenvalue weighted by Crippen LogP contribution is -1.97. The van der Waals surface area contributed by atoms with Crippen molar-refractivity contribution in [2.45, 2.75) is 0 Å². The number of thiophene rings is 1. The van der Waals surface area contributed by atoms with Crippen LogP contribution in [0, 0.1) is 0 Å². The lowest BCUT2D eigenvalue weighted by molar-refractivity contribution is 1.18. The van der Waals surface area contributed by atoms with Crippen molar-refractivity contribution in [3.8, 4) is 33.6 Å². The van der Waals surface area contributed by atoms with Crippen LogP contribution in [0.3, 0.4) is 0 Å². The molecule has 0 fully saturated rings. The lowest BCUT2D eigenvalue weighted by Gasteiger charge is -2.20. The van der Waals surface area contributed by atoms with Crippen molar-refractivity contribution in [2.24, 2.45) is 0 Å². The summed E-state index contributed by atoms with van der Waals surface area (Å²) in [6.45, 7) is 0. The first kappa shape index (κ1) is 36.8. The third-order valence-corrected chi connectivity index (χ3v) is 15.6. The second-order valence-electron chi connectivity index (χ2n) is 17.9. The molecule has 67 heavy (non-hydrogen) atoms. The number of para-hydroxylation sites is 3. The maximum atomic E-state index is 2.59. The maximum absolute atomic E-state index is 2.59. The van der Waals surface area contributed by atoms with Gasteiger partial charge in [0.15, 0.2) is 0 Å². The average Bonchev–Trinajstić information content (AvgIpc) is 4.06. The highest BCUT2D eigenvalue weighted by Crippen LogP contribution is 2.52. The summed E-state index contributed by atoms with van der Waals surface area (Å²) < 4.78 is 7.71. The minimum atomic E-state index is 1.14. The minimum absolute atomic E-state index is 1.14. The topological polar surface area (TPSA) is 9.86 Å². The zero-order valence-electron chi connectivity index (χ0n) is 36.2. The fourth-order valence-electron chi connectivity index (χ4n) is 11.6. The molecule has 12 aromatic carbocycles. The quantitative estimate of drug-likeness (QED) is 0.156. The number of hydrogen-bond acceptors (Lipinski definition) is 1. The van der Waals surface area contributed by atoms with E-state index in [1.807, 2.05) is 11.3 Å². The van der Waals surface area contributed by atoms with Crippen molar-refractivity contribution in [1.29, 1.82) is 0 Å². The van der Waals surface area contributed by atoms with Crippen molar-refractivity contribution in [3.05, 3.63) is 231 Å². The van der Waals surface area contributed by atoms with E-state index in [0.29, 0.717) is 0 Å². The van der Waals surface area contributed by atoms with Gasteiger partial charge in [0.2, 0.25) is 0 Å².